The zero-order valence-corrected chi connectivity index (χ0v) is 7.09. The first-order valence-corrected chi connectivity index (χ1v) is 3.56. The normalized spacial score (nSPS) is 11.5. The molecule has 0 aliphatic heterocycles. The Hall–Kier alpha value is -1.29. The van der Waals surface area contributed by atoms with Crippen LogP contribution in [0.15, 0.2) is 36.0 Å². The van der Waals surface area contributed by atoms with Gasteiger partial charge in [0, 0.05) is 0 Å². The Labute approximate surface area is 68.3 Å². The van der Waals surface area contributed by atoms with Crippen LogP contribution in [0.2, 0.25) is 0 Å². The molecule has 0 aliphatic carbocycles. The summed E-state index contributed by atoms with van der Waals surface area (Å²) in [5, 5.41) is 8.39. The molecule has 1 heteroatoms. The molecule has 0 aromatic carbocycles. The number of nitriles is 1. The molecule has 0 aromatic rings. The van der Waals surface area contributed by atoms with E-state index in [1.54, 1.807) is 0 Å². The predicted octanol–water partition coefficient (Wildman–Crippen LogP) is 2.98. The summed E-state index contributed by atoms with van der Waals surface area (Å²) in [4.78, 5) is 0. The fourth-order valence-electron chi connectivity index (χ4n) is 0.598. The Balaban J connectivity index is 4.12. The molecule has 0 heterocycles. The maximum atomic E-state index is 8.39. The van der Waals surface area contributed by atoms with Crippen LogP contribution in [0.5, 0.6) is 0 Å². The van der Waals surface area contributed by atoms with Crippen LogP contribution >= 0.6 is 0 Å². The van der Waals surface area contributed by atoms with Gasteiger partial charge in [0.2, 0.25) is 0 Å². The average Bonchev–Trinajstić information content (AvgIpc) is 1.97. The molecule has 1 nitrogen and oxygen atoms in total. The molecular formula is C10H13N. The molecule has 0 aromatic heterocycles. The topological polar surface area (TPSA) is 23.8 Å². The summed E-state index contributed by atoms with van der Waals surface area (Å²) in [6.45, 7) is 7.58. The van der Waals surface area contributed by atoms with E-state index in [1.165, 1.54) is 0 Å². The van der Waals surface area contributed by atoms with E-state index in [0.29, 0.717) is 6.42 Å². The standard InChI is InChI=1S/C10H13N/c1-4-10(7-8-11)6-5-9(2)3/h4-6H,2,7H2,1,3H3/b6-5-,10-4+. The highest BCUT2D eigenvalue weighted by molar-refractivity contribution is 5.26. The van der Waals surface area contributed by atoms with Crippen molar-refractivity contribution < 1.29 is 0 Å². The lowest BCUT2D eigenvalue weighted by Crippen LogP contribution is -1.74. The summed E-state index contributed by atoms with van der Waals surface area (Å²) < 4.78 is 0. The molecule has 0 atom stereocenters. The monoisotopic (exact) mass is 147 g/mol. The molecule has 0 fully saturated rings. The lowest BCUT2D eigenvalue weighted by atomic mass is 10.1. The van der Waals surface area contributed by atoms with Crippen molar-refractivity contribution in [3.05, 3.63) is 36.0 Å². The van der Waals surface area contributed by atoms with Crippen molar-refractivity contribution in [2.24, 2.45) is 0 Å². The van der Waals surface area contributed by atoms with Crippen molar-refractivity contribution in [1.82, 2.24) is 0 Å². The summed E-state index contributed by atoms with van der Waals surface area (Å²) in [6, 6.07) is 2.09. The van der Waals surface area contributed by atoms with Gasteiger partial charge in [-0.25, -0.2) is 0 Å². The fraction of sp³-hybridized carbons (Fsp3) is 0.300. The van der Waals surface area contributed by atoms with Crippen LogP contribution in [0.1, 0.15) is 20.3 Å². The van der Waals surface area contributed by atoms with Crippen molar-refractivity contribution >= 4 is 0 Å². The summed E-state index contributed by atoms with van der Waals surface area (Å²) in [5.41, 5.74) is 2.04. The molecule has 0 radical (unpaired) electrons. The van der Waals surface area contributed by atoms with Crippen LogP contribution in [-0.2, 0) is 0 Å². The van der Waals surface area contributed by atoms with E-state index in [9.17, 15) is 0 Å². The Bertz CT molecular complexity index is 226. The minimum Gasteiger partial charge on any atom is -0.198 e. The van der Waals surface area contributed by atoms with Gasteiger partial charge in [-0.2, -0.15) is 5.26 Å². The van der Waals surface area contributed by atoms with Crippen LogP contribution in [0, 0.1) is 11.3 Å². The van der Waals surface area contributed by atoms with Crippen molar-refractivity contribution in [3.8, 4) is 6.07 Å². The molecule has 0 aliphatic rings. The molecule has 0 unspecified atom stereocenters. The van der Waals surface area contributed by atoms with Crippen molar-refractivity contribution in [3.63, 3.8) is 0 Å². The molecule has 58 valence electrons. The van der Waals surface area contributed by atoms with E-state index in [-0.39, 0.29) is 0 Å². The Kier molecular flexibility index (Phi) is 4.85. The van der Waals surface area contributed by atoms with Crippen LogP contribution in [0.25, 0.3) is 0 Å². The molecule has 0 bridgehead atoms. The highest BCUT2D eigenvalue weighted by atomic mass is 14.2. The van der Waals surface area contributed by atoms with Gasteiger partial charge in [-0.3, -0.25) is 0 Å². The average molecular weight is 147 g/mol. The van der Waals surface area contributed by atoms with E-state index in [2.05, 4.69) is 12.6 Å². The molecule has 0 rings (SSSR count). The highest BCUT2D eigenvalue weighted by Gasteiger charge is 1.86. The third kappa shape index (κ3) is 5.17. The van der Waals surface area contributed by atoms with Gasteiger partial charge < -0.3 is 0 Å². The molecule has 11 heavy (non-hydrogen) atoms. The first-order valence-electron chi connectivity index (χ1n) is 3.56. The highest BCUT2D eigenvalue weighted by Crippen LogP contribution is 2.03. The van der Waals surface area contributed by atoms with Crippen LogP contribution in [-0.4, -0.2) is 0 Å². The maximum Gasteiger partial charge on any atom is 0.0669 e. The van der Waals surface area contributed by atoms with Gasteiger partial charge >= 0.3 is 0 Å². The zero-order valence-electron chi connectivity index (χ0n) is 7.09. The third-order valence-corrected chi connectivity index (χ3v) is 1.24. The Morgan fingerprint density at radius 2 is 2.18 bits per heavy atom. The second kappa shape index (κ2) is 5.49. The third-order valence-electron chi connectivity index (χ3n) is 1.24. The smallest absolute Gasteiger partial charge is 0.0669 e. The van der Waals surface area contributed by atoms with Gasteiger partial charge in [0.1, 0.15) is 0 Å². The summed E-state index contributed by atoms with van der Waals surface area (Å²) in [6.07, 6.45) is 6.24. The van der Waals surface area contributed by atoms with Crippen molar-refractivity contribution in [2.75, 3.05) is 0 Å². The number of hydrogen-bond acceptors (Lipinski definition) is 1. The second-order valence-corrected chi connectivity index (χ2v) is 2.38. The minimum atomic E-state index is 0.473. The van der Waals surface area contributed by atoms with E-state index < -0.39 is 0 Å². The summed E-state index contributed by atoms with van der Waals surface area (Å²) >= 11 is 0. The molecular weight excluding hydrogens is 134 g/mol. The van der Waals surface area contributed by atoms with E-state index >= 15 is 0 Å². The maximum absolute atomic E-state index is 8.39. The van der Waals surface area contributed by atoms with Crippen LogP contribution < -0.4 is 0 Å². The van der Waals surface area contributed by atoms with E-state index in [4.69, 9.17) is 5.26 Å². The Morgan fingerprint density at radius 3 is 2.55 bits per heavy atom. The fourth-order valence-corrected chi connectivity index (χ4v) is 0.598. The number of allylic oxidation sites excluding steroid dienone is 5. The van der Waals surface area contributed by atoms with Crippen molar-refractivity contribution in [2.45, 2.75) is 20.3 Å². The number of nitrogens with zero attached hydrogens (tertiary/aromatic N) is 1. The SMILES string of the molecule is C=C(C)/C=C\C(=C/C)CC#N. The first-order chi connectivity index (χ1) is 5.20. The van der Waals surface area contributed by atoms with Gasteiger partial charge in [-0.15, -0.1) is 0 Å². The quantitative estimate of drug-likeness (QED) is 0.563. The largest absolute Gasteiger partial charge is 0.198 e. The van der Waals surface area contributed by atoms with Gasteiger partial charge in [-0.1, -0.05) is 30.4 Å². The first kappa shape index (κ1) is 9.71. The van der Waals surface area contributed by atoms with Crippen LogP contribution in [0.4, 0.5) is 0 Å². The molecule has 0 saturated carbocycles. The number of hydrogen-bond donors (Lipinski definition) is 0. The zero-order chi connectivity index (χ0) is 8.69. The predicted molar refractivity (Wildman–Crippen MR) is 47.9 cm³/mol. The summed E-state index contributed by atoms with van der Waals surface area (Å²) in [7, 11) is 0. The molecule has 0 amide bonds. The number of rotatable bonds is 3. The lowest BCUT2D eigenvalue weighted by molar-refractivity contribution is 1.26. The molecule has 0 N–H and O–H groups in total. The van der Waals surface area contributed by atoms with Crippen molar-refractivity contribution in [1.29, 1.82) is 5.26 Å². The van der Waals surface area contributed by atoms with Gasteiger partial charge in [0.25, 0.3) is 0 Å². The Morgan fingerprint density at radius 1 is 1.55 bits per heavy atom. The lowest BCUT2D eigenvalue weighted by Gasteiger charge is -1.91. The van der Waals surface area contributed by atoms with E-state index in [1.807, 2.05) is 32.1 Å². The van der Waals surface area contributed by atoms with Gasteiger partial charge in [0.15, 0.2) is 0 Å². The van der Waals surface area contributed by atoms with E-state index in [0.717, 1.165) is 11.1 Å². The van der Waals surface area contributed by atoms with Gasteiger partial charge in [0.05, 0.1) is 12.5 Å². The van der Waals surface area contributed by atoms with Gasteiger partial charge in [-0.05, 0) is 19.4 Å². The minimum absolute atomic E-state index is 0.473. The molecule has 0 saturated heterocycles. The summed E-state index contributed by atoms with van der Waals surface area (Å²) in [5.74, 6) is 0. The van der Waals surface area contributed by atoms with Crippen LogP contribution in [0.3, 0.4) is 0 Å². The molecule has 0 spiro atoms. The second-order valence-electron chi connectivity index (χ2n) is 2.38.